The van der Waals surface area contributed by atoms with E-state index in [1.165, 1.54) is 23.3 Å². The number of carboxylic acid groups (broad SMARTS) is 1. The van der Waals surface area contributed by atoms with Crippen LogP contribution in [0.2, 0.25) is 0 Å². The molecule has 2 aromatic rings. The molecule has 2 N–H and O–H groups in total. The molecule has 0 aliphatic carbocycles. The number of hydrogen-bond donors (Lipinski definition) is 2. The van der Waals surface area contributed by atoms with Gasteiger partial charge in [0.15, 0.2) is 0 Å². The molecule has 126 valence electrons. The summed E-state index contributed by atoms with van der Waals surface area (Å²) in [5, 5.41) is 11.7. The van der Waals surface area contributed by atoms with Crippen molar-refractivity contribution >= 4 is 29.1 Å². The first kappa shape index (κ1) is 16.3. The molecule has 1 unspecified atom stereocenters. The van der Waals surface area contributed by atoms with Gasteiger partial charge in [0.2, 0.25) is 5.91 Å². The van der Waals surface area contributed by atoms with E-state index in [2.05, 4.69) is 5.32 Å². The van der Waals surface area contributed by atoms with Crippen LogP contribution in [0.25, 0.3) is 0 Å². The third kappa shape index (κ3) is 3.33. The van der Waals surface area contributed by atoms with E-state index in [0.29, 0.717) is 23.6 Å². The molecule has 1 fully saturated rings. The van der Waals surface area contributed by atoms with Gasteiger partial charge in [-0.3, -0.25) is 9.59 Å². The summed E-state index contributed by atoms with van der Waals surface area (Å²) < 4.78 is 5.17. The minimum atomic E-state index is -1.06. The molecular weight excluding hydrogens is 332 g/mol. The summed E-state index contributed by atoms with van der Waals surface area (Å²) in [6.45, 7) is 0.754. The number of rotatable bonds is 5. The Morgan fingerprint density at radius 1 is 1.29 bits per heavy atom. The van der Waals surface area contributed by atoms with Gasteiger partial charge >= 0.3 is 5.97 Å². The highest BCUT2D eigenvalue weighted by Crippen LogP contribution is 2.24. The van der Waals surface area contributed by atoms with Crippen molar-refractivity contribution in [1.82, 2.24) is 10.2 Å². The zero-order chi connectivity index (χ0) is 17.1. The molecule has 8 heteroatoms. The van der Waals surface area contributed by atoms with Gasteiger partial charge in [-0.05, 0) is 37.1 Å². The standard InChI is InChI=1S/C16H16N2O5S/c19-14(17-9-10-3-2-8-23-10)11-4-1-7-18(11)15(20)12-5-6-13(24-12)16(21)22/h2-3,5-6,8,11H,1,4,7,9H2,(H,17,19)(H,21,22). The van der Waals surface area contributed by atoms with Crippen LogP contribution in [0.15, 0.2) is 34.9 Å². The van der Waals surface area contributed by atoms with Crippen LogP contribution < -0.4 is 5.32 Å². The van der Waals surface area contributed by atoms with Gasteiger partial charge < -0.3 is 19.7 Å². The smallest absolute Gasteiger partial charge is 0.345 e. The molecule has 3 rings (SSSR count). The Balaban J connectivity index is 1.66. The van der Waals surface area contributed by atoms with Crippen LogP contribution in [0.3, 0.4) is 0 Å². The molecule has 0 radical (unpaired) electrons. The first-order valence-corrected chi connectivity index (χ1v) is 8.32. The van der Waals surface area contributed by atoms with Crippen molar-refractivity contribution < 1.29 is 23.9 Å². The highest BCUT2D eigenvalue weighted by molar-refractivity contribution is 7.15. The van der Waals surface area contributed by atoms with Gasteiger partial charge in [0.05, 0.1) is 17.7 Å². The maximum Gasteiger partial charge on any atom is 0.345 e. The second-order valence-electron chi connectivity index (χ2n) is 5.42. The maximum atomic E-state index is 12.6. The largest absolute Gasteiger partial charge is 0.477 e. The van der Waals surface area contributed by atoms with Gasteiger partial charge in [-0.2, -0.15) is 0 Å². The van der Waals surface area contributed by atoms with Crippen molar-refractivity contribution in [3.05, 3.63) is 46.0 Å². The molecule has 2 aromatic heterocycles. The lowest BCUT2D eigenvalue weighted by Crippen LogP contribution is -2.45. The number of aromatic carboxylic acids is 1. The van der Waals surface area contributed by atoms with Crippen molar-refractivity contribution in [1.29, 1.82) is 0 Å². The molecule has 24 heavy (non-hydrogen) atoms. The lowest BCUT2D eigenvalue weighted by molar-refractivity contribution is -0.125. The van der Waals surface area contributed by atoms with Crippen LogP contribution >= 0.6 is 11.3 Å². The number of likely N-dealkylation sites (tertiary alicyclic amines) is 1. The topological polar surface area (TPSA) is 99.9 Å². The number of nitrogens with one attached hydrogen (secondary N) is 1. The number of amides is 2. The average molecular weight is 348 g/mol. The minimum absolute atomic E-state index is 0.108. The molecule has 1 aliphatic rings. The van der Waals surface area contributed by atoms with Crippen LogP contribution in [0.1, 0.15) is 37.9 Å². The van der Waals surface area contributed by atoms with Gasteiger partial charge in [-0.1, -0.05) is 0 Å². The zero-order valence-corrected chi connectivity index (χ0v) is 13.5. The Hall–Kier alpha value is -2.61. The van der Waals surface area contributed by atoms with E-state index >= 15 is 0 Å². The first-order chi connectivity index (χ1) is 11.6. The predicted octanol–water partition coefficient (Wildman–Crippen LogP) is 1.96. The fraction of sp³-hybridized carbons (Fsp3) is 0.312. The fourth-order valence-corrected chi connectivity index (χ4v) is 3.50. The zero-order valence-electron chi connectivity index (χ0n) is 12.7. The lowest BCUT2D eigenvalue weighted by Gasteiger charge is -2.23. The number of thiophene rings is 1. The van der Waals surface area contributed by atoms with E-state index in [1.807, 2.05) is 0 Å². The Bertz CT molecular complexity index is 752. The fourth-order valence-electron chi connectivity index (χ4n) is 2.70. The van der Waals surface area contributed by atoms with Crippen LogP contribution in [0.4, 0.5) is 0 Å². The summed E-state index contributed by atoms with van der Waals surface area (Å²) >= 11 is 0.924. The van der Waals surface area contributed by atoms with Crippen molar-refractivity contribution in [2.24, 2.45) is 0 Å². The van der Waals surface area contributed by atoms with Gasteiger partial charge in [0, 0.05) is 6.54 Å². The number of nitrogens with zero attached hydrogens (tertiary/aromatic N) is 1. The first-order valence-electron chi connectivity index (χ1n) is 7.50. The van der Waals surface area contributed by atoms with E-state index < -0.39 is 12.0 Å². The normalized spacial score (nSPS) is 17.0. The molecule has 1 saturated heterocycles. The summed E-state index contributed by atoms with van der Waals surface area (Å²) in [7, 11) is 0. The molecule has 2 amide bonds. The Morgan fingerprint density at radius 2 is 2.08 bits per heavy atom. The average Bonchev–Trinajstić information content (AvgIpc) is 3.33. The number of carbonyl (C=O) groups excluding carboxylic acids is 2. The molecule has 1 atom stereocenters. The summed E-state index contributed by atoms with van der Waals surface area (Å²) in [5.41, 5.74) is 0. The second kappa shape index (κ2) is 6.88. The number of furan rings is 1. The quantitative estimate of drug-likeness (QED) is 0.860. The number of hydrogen-bond acceptors (Lipinski definition) is 5. The van der Waals surface area contributed by atoms with Gasteiger partial charge in [-0.25, -0.2) is 4.79 Å². The maximum absolute atomic E-state index is 12.6. The summed E-state index contributed by atoms with van der Waals surface area (Å²) in [6, 6.07) is 5.86. The summed E-state index contributed by atoms with van der Waals surface area (Å²) in [6.07, 6.45) is 2.86. The van der Waals surface area contributed by atoms with Crippen molar-refractivity contribution in [2.45, 2.75) is 25.4 Å². The molecule has 1 aliphatic heterocycles. The van der Waals surface area contributed by atoms with Gasteiger partial charge in [-0.15, -0.1) is 11.3 Å². The van der Waals surface area contributed by atoms with Crippen LogP contribution in [-0.2, 0) is 11.3 Å². The van der Waals surface area contributed by atoms with Crippen molar-refractivity contribution in [3.63, 3.8) is 0 Å². The van der Waals surface area contributed by atoms with E-state index in [4.69, 9.17) is 9.52 Å². The minimum Gasteiger partial charge on any atom is -0.477 e. The monoisotopic (exact) mass is 348 g/mol. The van der Waals surface area contributed by atoms with Crippen LogP contribution in [0.5, 0.6) is 0 Å². The Morgan fingerprint density at radius 3 is 2.75 bits per heavy atom. The van der Waals surface area contributed by atoms with Crippen LogP contribution in [-0.4, -0.2) is 40.4 Å². The lowest BCUT2D eigenvalue weighted by atomic mass is 10.2. The highest BCUT2D eigenvalue weighted by atomic mass is 32.1. The molecular formula is C16H16N2O5S. The second-order valence-corrected chi connectivity index (χ2v) is 6.51. The Kier molecular flexibility index (Phi) is 4.66. The number of carboxylic acids is 1. The Labute approximate surface area is 141 Å². The van der Waals surface area contributed by atoms with E-state index in [9.17, 15) is 14.4 Å². The third-order valence-electron chi connectivity index (χ3n) is 3.86. The molecule has 0 saturated carbocycles. The molecule has 0 spiro atoms. The molecule has 0 bridgehead atoms. The SMILES string of the molecule is O=C(O)c1ccc(C(=O)N2CCCC2C(=O)NCc2ccco2)s1. The van der Waals surface area contributed by atoms with Crippen molar-refractivity contribution in [3.8, 4) is 0 Å². The molecule has 3 heterocycles. The third-order valence-corrected chi connectivity index (χ3v) is 4.92. The summed E-state index contributed by atoms with van der Waals surface area (Å²) in [5.74, 6) is -0.952. The summed E-state index contributed by atoms with van der Waals surface area (Å²) in [4.78, 5) is 37.8. The van der Waals surface area contributed by atoms with Crippen molar-refractivity contribution in [2.75, 3.05) is 6.54 Å². The highest BCUT2D eigenvalue weighted by Gasteiger charge is 2.35. The van der Waals surface area contributed by atoms with E-state index in [1.54, 1.807) is 12.1 Å². The number of carbonyl (C=O) groups is 3. The molecule has 7 nitrogen and oxygen atoms in total. The van der Waals surface area contributed by atoms with Gasteiger partial charge in [0.1, 0.15) is 16.7 Å². The predicted molar refractivity (Wildman–Crippen MR) is 85.9 cm³/mol. The van der Waals surface area contributed by atoms with Gasteiger partial charge in [0.25, 0.3) is 5.91 Å². The molecule has 0 aromatic carbocycles. The van der Waals surface area contributed by atoms with E-state index in [0.717, 1.165) is 17.8 Å². The van der Waals surface area contributed by atoms with E-state index in [-0.39, 0.29) is 23.2 Å². The van der Waals surface area contributed by atoms with Crippen LogP contribution in [0, 0.1) is 0 Å².